The number of carboxylic acid groups (broad SMARTS) is 1. The first-order valence-corrected chi connectivity index (χ1v) is 8.49. The largest absolute Gasteiger partial charge is 0.490 e. The second-order valence-corrected chi connectivity index (χ2v) is 6.63. The fourth-order valence-corrected chi connectivity index (χ4v) is 3.67. The van der Waals surface area contributed by atoms with Crippen LogP contribution in [0.3, 0.4) is 0 Å². The molecular weight excluding hydrogens is 350 g/mol. The van der Waals surface area contributed by atoms with Gasteiger partial charge in [0.1, 0.15) is 6.04 Å². The minimum atomic E-state index is -0.729. The zero-order valence-corrected chi connectivity index (χ0v) is 14.0. The molecule has 0 saturated carbocycles. The van der Waals surface area contributed by atoms with Crippen molar-refractivity contribution >= 4 is 21.9 Å². The molecule has 1 saturated heterocycles. The van der Waals surface area contributed by atoms with Gasteiger partial charge in [-0.1, -0.05) is 6.42 Å². The third kappa shape index (κ3) is 3.38. The van der Waals surface area contributed by atoms with Crippen molar-refractivity contribution in [3.63, 3.8) is 0 Å². The van der Waals surface area contributed by atoms with E-state index < -0.39 is 5.97 Å². The maximum atomic E-state index is 11.4. The van der Waals surface area contributed by atoms with Crippen LogP contribution >= 0.6 is 15.9 Å². The summed E-state index contributed by atoms with van der Waals surface area (Å²) in [4.78, 5) is 13.4. The van der Waals surface area contributed by atoms with Crippen LogP contribution in [0.2, 0.25) is 0 Å². The van der Waals surface area contributed by atoms with Gasteiger partial charge in [-0.3, -0.25) is 9.69 Å². The number of aliphatic carboxylic acids is 1. The Morgan fingerprint density at radius 2 is 2.09 bits per heavy atom. The molecule has 0 radical (unpaired) electrons. The van der Waals surface area contributed by atoms with E-state index >= 15 is 0 Å². The van der Waals surface area contributed by atoms with Gasteiger partial charge >= 0.3 is 5.97 Å². The summed E-state index contributed by atoms with van der Waals surface area (Å²) in [5.41, 5.74) is 1.05. The Hall–Kier alpha value is -1.27. The highest BCUT2D eigenvalue weighted by Crippen LogP contribution is 2.38. The molecule has 1 aromatic carbocycles. The molecule has 1 N–H and O–H groups in total. The van der Waals surface area contributed by atoms with Crippen molar-refractivity contribution in [3.8, 4) is 11.5 Å². The number of carbonyl (C=O) groups is 1. The molecule has 22 heavy (non-hydrogen) atoms. The minimum absolute atomic E-state index is 0.386. The van der Waals surface area contributed by atoms with E-state index in [1.165, 1.54) is 0 Å². The van der Waals surface area contributed by atoms with Crippen molar-refractivity contribution < 1.29 is 19.4 Å². The Balaban J connectivity index is 1.81. The number of nitrogens with zero attached hydrogens (tertiary/aromatic N) is 1. The fourth-order valence-electron chi connectivity index (χ4n) is 3.07. The molecule has 2 aliphatic heterocycles. The molecule has 120 valence electrons. The quantitative estimate of drug-likeness (QED) is 0.886. The highest BCUT2D eigenvalue weighted by Gasteiger charge is 2.28. The van der Waals surface area contributed by atoms with Gasteiger partial charge in [0.15, 0.2) is 11.5 Å². The Kier molecular flexibility index (Phi) is 4.88. The summed E-state index contributed by atoms with van der Waals surface area (Å²) in [7, 11) is 0. The third-order valence-electron chi connectivity index (χ3n) is 4.15. The van der Waals surface area contributed by atoms with Crippen LogP contribution in [0.25, 0.3) is 0 Å². The highest BCUT2D eigenvalue weighted by molar-refractivity contribution is 9.10. The number of rotatable bonds is 3. The molecular formula is C16H20BrNO4. The number of fused-ring (bicyclic) bond motifs is 1. The van der Waals surface area contributed by atoms with Gasteiger partial charge in [-0.15, -0.1) is 0 Å². The molecule has 1 fully saturated rings. The number of hydrogen-bond donors (Lipinski definition) is 1. The van der Waals surface area contributed by atoms with E-state index in [-0.39, 0.29) is 6.04 Å². The molecule has 1 unspecified atom stereocenters. The van der Waals surface area contributed by atoms with Crippen molar-refractivity contribution in [1.29, 1.82) is 0 Å². The summed E-state index contributed by atoms with van der Waals surface area (Å²) < 4.78 is 12.3. The molecule has 1 atom stereocenters. The topological polar surface area (TPSA) is 59.0 Å². The summed E-state index contributed by atoms with van der Waals surface area (Å²) in [5, 5.41) is 9.37. The summed E-state index contributed by atoms with van der Waals surface area (Å²) in [6.45, 7) is 2.73. The molecule has 0 spiro atoms. The monoisotopic (exact) mass is 369 g/mol. The van der Waals surface area contributed by atoms with Crippen molar-refractivity contribution in [2.75, 3.05) is 19.8 Å². The standard InChI is InChI=1S/C16H20BrNO4/c17-12-8-11(9-14-15(12)22-7-3-6-21-14)10-18-5-2-1-4-13(18)16(19)20/h8-9,13H,1-7,10H2,(H,19,20). The van der Waals surface area contributed by atoms with E-state index in [4.69, 9.17) is 9.47 Å². The van der Waals surface area contributed by atoms with Crippen LogP contribution in [0.15, 0.2) is 16.6 Å². The molecule has 3 rings (SSSR count). The van der Waals surface area contributed by atoms with Crippen LogP contribution < -0.4 is 9.47 Å². The van der Waals surface area contributed by atoms with E-state index in [2.05, 4.69) is 15.9 Å². The van der Waals surface area contributed by atoms with Crippen LogP contribution in [0.5, 0.6) is 11.5 Å². The zero-order chi connectivity index (χ0) is 15.5. The normalized spacial score (nSPS) is 22.1. The lowest BCUT2D eigenvalue weighted by Crippen LogP contribution is -2.44. The Morgan fingerprint density at radius 3 is 2.91 bits per heavy atom. The maximum Gasteiger partial charge on any atom is 0.320 e. The van der Waals surface area contributed by atoms with Gasteiger partial charge in [0, 0.05) is 13.0 Å². The number of ether oxygens (including phenoxy) is 2. The Morgan fingerprint density at radius 1 is 1.27 bits per heavy atom. The molecule has 2 heterocycles. The maximum absolute atomic E-state index is 11.4. The van der Waals surface area contributed by atoms with E-state index in [0.717, 1.165) is 53.8 Å². The third-order valence-corrected chi connectivity index (χ3v) is 4.74. The van der Waals surface area contributed by atoms with Crippen molar-refractivity contribution in [1.82, 2.24) is 4.90 Å². The average molecular weight is 370 g/mol. The van der Waals surface area contributed by atoms with Crippen LogP contribution in [0.1, 0.15) is 31.2 Å². The van der Waals surface area contributed by atoms with Gasteiger partial charge < -0.3 is 14.6 Å². The molecule has 2 aliphatic rings. The summed E-state index contributed by atoms with van der Waals surface area (Å²) in [6, 6.07) is 3.59. The number of halogens is 1. The molecule has 1 aromatic rings. The average Bonchev–Trinajstić information content (AvgIpc) is 2.73. The summed E-state index contributed by atoms with van der Waals surface area (Å²) >= 11 is 3.54. The van der Waals surface area contributed by atoms with Gasteiger partial charge in [-0.05, 0) is 53.0 Å². The zero-order valence-electron chi connectivity index (χ0n) is 12.4. The molecule has 0 aromatic heterocycles. The van der Waals surface area contributed by atoms with Gasteiger partial charge in [0.2, 0.25) is 0 Å². The number of carboxylic acids is 1. The highest BCUT2D eigenvalue weighted by atomic mass is 79.9. The van der Waals surface area contributed by atoms with Crippen LogP contribution in [0.4, 0.5) is 0 Å². The minimum Gasteiger partial charge on any atom is -0.490 e. The van der Waals surface area contributed by atoms with E-state index in [9.17, 15) is 9.90 Å². The van der Waals surface area contributed by atoms with E-state index in [0.29, 0.717) is 19.8 Å². The van der Waals surface area contributed by atoms with E-state index in [1.807, 2.05) is 17.0 Å². The van der Waals surface area contributed by atoms with Crippen LogP contribution in [-0.4, -0.2) is 41.8 Å². The van der Waals surface area contributed by atoms with Gasteiger partial charge in [-0.2, -0.15) is 0 Å². The first-order valence-electron chi connectivity index (χ1n) is 7.70. The Labute approximate surface area is 138 Å². The first-order chi connectivity index (χ1) is 10.6. The van der Waals surface area contributed by atoms with E-state index in [1.54, 1.807) is 0 Å². The van der Waals surface area contributed by atoms with Crippen molar-refractivity contribution in [2.45, 2.75) is 38.3 Å². The predicted octanol–water partition coefficient (Wildman–Crippen LogP) is 3.05. The van der Waals surface area contributed by atoms with Gasteiger partial charge in [0.05, 0.1) is 17.7 Å². The van der Waals surface area contributed by atoms with Crippen molar-refractivity contribution in [2.24, 2.45) is 0 Å². The summed E-state index contributed by atoms with van der Waals surface area (Å²) in [5.74, 6) is 0.758. The molecule has 0 aliphatic carbocycles. The second-order valence-electron chi connectivity index (χ2n) is 5.78. The number of hydrogen-bond acceptors (Lipinski definition) is 4. The SMILES string of the molecule is O=C(O)C1CCCCN1Cc1cc(Br)c2c(c1)OCCCO2. The summed E-state index contributed by atoms with van der Waals surface area (Å²) in [6.07, 6.45) is 3.62. The molecule has 0 bridgehead atoms. The number of benzene rings is 1. The fraction of sp³-hybridized carbons (Fsp3) is 0.562. The van der Waals surface area contributed by atoms with Crippen LogP contribution in [0, 0.1) is 0 Å². The number of piperidine rings is 1. The molecule has 5 nitrogen and oxygen atoms in total. The van der Waals surface area contributed by atoms with Gasteiger partial charge in [-0.25, -0.2) is 0 Å². The second kappa shape index (κ2) is 6.87. The Bertz CT molecular complexity index is 563. The van der Waals surface area contributed by atoms with Crippen molar-refractivity contribution in [3.05, 3.63) is 22.2 Å². The predicted molar refractivity (Wildman–Crippen MR) is 85.4 cm³/mol. The molecule has 0 amide bonds. The van der Waals surface area contributed by atoms with Gasteiger partial charge in [0.25, 0.3) is 0 Å². The first kappa shape index (κ1) is 15.6. The smallest absolute Gasteiger partial charge is 0.320 e. The van der Waals surface area contributed by atoms with Crippen LogP contribution in [-0.2, 0) is 11.3 Å². The molecule has 6 heteroatoms. The lowest BCUT2D eigenvalue weighted by Gasteiger charge is -2.33. The number of likely N-dealkylation sites (tertiary alicyclic amines) is 1. The lowest BCUT2D eigenvalue weighted by molar-refractivity contribution is -0.144. The lowest BCUT2D eigenvalue weighted by atomic mass is 10.0.